The highest BCUT2D eigenvalue weighted by molar-refractivity contribution is 8.13. The van der Waals surface area contributed by atoms with Gasteiger partial charge in [0.2, 0.25) is 5.12 Å². The van der Waals surface area contributed by atoms with Crippen molar-refractivity contribution in [1.82, 2.24) is 0 Å². The third kappa shape index (κ3) is 7.72. The largest absolute Gasteiger partial charge is 0.459 e. The van der Waals surface area contributed by atoms with Gasteiger partial charge in [0.15, 0.2) is 0 Å². The molecular weight excluding hydrogens is 291 g/mol. The predicted molar refractivity (Wildman–Crippen MR) is 74.3 cm³/mol. The molecule has 0 radical (unpaired) electrons. The number of esters is 1. The maximum absolute atomic E-state index is 11.9. The van der Waals surface area contributed by atoms with E-state index in [1.807, 2.05) is 0 Å². The fourth-order valence-corrected chi connectivity index (χ4v) is 2.15. The topological polar surface area (TPSA) is 89.9 Å². The Morgan fingerprint density at radius 1 is 1.21 bits per heavy atom. The summed E-state index contributed by atoms with van der Waals surface area (Å²) in [5.41, 5.74) is -1.92. The molecule has 1 unspecified atom stereocenters. The highest BCUT2D eigenvalue weighted by atomic mass is 32.2. The maximum Gasteiger partial charge on any atom is 0.320 e. The summed E-state index contributed by atoms with van der Waals surface area (Å²) in [7, 11) is -2.97. The van der Waals surface area contributed by atoms with Gasteiger partial charge in [0, 0.05) is 5.75 Å². The smallest absolute Gasteiger partial charge is 0.320 e. The van der Waals surface area contributed by atoms with Crippen molar-refractivity contribution in [3.8, 4) is 0 Å². The van der Waals surface area contributed by atoms with Gasteiger partial charge in [-0.3, -0.25) is 14.2 Å². The van der Waals surface area contributed by atoms with Gasteiger partial charge in [-0.2, -0.15) is 0 Å². The highest BCUT2D eigenvalue weighted by Crippen LogP contribution is 2.28. The molecule has 0 aromatic carbocycles. The quantitative estimate of drug-likeness (QED) is 0.347. The molecule has 0 aliphatic heterocycles. The lowest BCUT2D eigenvalue weighted by Gasteiger charge is -2.27. The lowest BCUT2D eigenvalue weighted by atomic mass is 9.95. The van der Waals surface area contributed by atoms with E-state index in [9.17, 15) is 14.2 Å². The van der Waals surface area contributed by atoms with Crippen molar-refractivity contribution in [1.29, 1.82) is 0 Å². The number of ether oxygens (including phenoxy) is 1. The molecule has 6 nitrogen and oxygen atoms in total. The van der Waals surface area contributed by atoms with Gasteiger partial charge in [0.05, 0.1) is 6.61 Å². The summed E-state index contributed by atoms with van der Waals surface area (Å²) >= 11 is 0.881. The second kappa shape index (κ2) is 7.43. The van der Waals surface area contributed by atoms with Crippen LogP contribution in [-0.2, 0) is 23.4 Å². The number of rotatable bonds is 6. The summed E-state index contributed by atoms with van der Waals surface area (Å²) in [6.45, 7) is 8.15. The molecule has 0 saturated heterocycles. The number of thioether (sulfide) groups is 1. The zero-order valence-corrected chi connectivity index (χ0v) is 13.6. The van der Waals surface area contributed by atoms with Crippen LogP contribution in [0.25, 0.3) is 0 Å². The summed E-state index contributed by atoms with van der Waals surface area (Å²) < 4.78 is 19.9. The molecule has 0 heterocycles. The van der Waals surface area contributed by atoms with Crippen molar-refractivity contribution in [3.05, 3.63) is 0 Å². The Morgan fingerprint density at radius 2 is 1.74 bits per heavy atom. The van der Waals surface area contributed by atoms with E-state index >= 15 is 0 Å². The van der Waals surface area contributed by atoms with E-state index in [-0.39, 0.29) is 17.5 Å². The van der Waals surface area contributed by atoms with Crippen LogP contribution in [0, 0.1) is 5.41 Å². The van der Waals surface area contributed by atoms with Gasteiger partial charge in [0.25, 0.3) is 0 Å². The standard InChI is InChI=1S/C11H21O6PS/c1-10(2,3)17-8(12)11(4,5)9(13)19-7-6-16-18(14)15/h18H,6-7H2,1-5H3,(H,14,15). The third-order valence-electron chi connectivity index (χ3n) is 1.96. The van der Waals surface area contributed by atoms with Crippen molar-refractivity contribution in [2.45, 2.75) is 40.2 Å². The molecule has 0 spiro atoms. The van der Waals surface area contributed by atoms with Crippen molar-refractivity contribution >= 4 is 31.1 Å². The Morgan fingerprint density at radius 3 is 2.16 bits per heavy atom. The first-order valence-electron chi connectivity index (χ1n) is 5.73. The van der Waals surface area contributed by atoms with Crippen molar-refractivity contribution in [3.63, 3.8) is 0 Å². The van der Waals surface area contributed by atoms with Crippen LogP contribution < -0.4 is 0 Å². The van der Waals surface area contributed by atoms with Crippen molar-refractivity contribution in [2.75, 3.05) is 12.4 Å². The average molecular weight is 312 g/mol. The molecular formula is C11H21O6PS. The minimum absolute atomic E-state index is 0.0187. The van der Waals surface area contributed by atoms with E-state index < -0.39 is 25.2 Å². The van der Waals surface area contributed by atoms with Crippen molar-refractivity contribution in [2.24, 2.45) is 5.41 Å². The number of hydrogen-bond acceptors (Lipinski definition) is 6. The van der Waals surface area contributed by atoms with Gasteiger partial charge in [-0.05, 0) is 34.6 Å². The van der Waals surface area contributed by atoms with E-state index in [1.54, 1.807) is 20.8 Å². The summed E-state index contributed by atoms with van der Waals surface area (Å²) in [5.74, 6) is -0.378. The van der Waals surface area contributed by atoms with Gasteiger partial charge in [-0.1, -0.05) is 11.8 Å². The Balaban J connectivity index is 4.35. The molecule has 0 fully saturated rings. The van der Waals surface area contributed by atoms with Crippen LogP contribution in [0.15, 0.2) is 0 Å². The van der Waals surface area contributed by atoms with Crippen LogP contribution in [0.1, 0.15) is 34.6 Å². The molecule has 0 aliphatic rings. The van der Waals surface area contributed by atoms with Gasteiger partial charge in [-0.25, -0.2) is 0 Å². The Hall–Kier alpha value is -0.360. The summed E-state index contributed by atoms with van der Waals surface area (Å²) in [6.07, 6.45) is 0. The van der Waals surface area contributed by atoms with Crippen LogP contribution in [0.5, 0.6) is 0 Å². The predicted octanol–water partition coefficient (Wildman–Crippen LogP) is 2.01. The first kappa shape index (κ1) is 18.6. The molecule has 1 atom stereocenters. The molecule has 0 bridgehead atoms. The molecule has 112 valence electrons. The first-order valence-corrected chi connectivity index (χ1v) is 7.98. The van der Waals surface area contributed by atoms with E-state index in [0.29, 0.717) is 0 Å². The Bertz CT molecular complexity index is 361. The van der Waals surface area contributed by atoms with E-state index in [2.05, 4.69) is 4.52 Å². The second-order valence-electron chi connectivity index (χ2n) is 5.38. The average Bonchev–Trinajstić information content (AvgIpc) is 2.21. The van der Waals surface area contributed by atoms with Crippen LogP contribution in [0.2, 0.25) is 0 Å². The molecule has 0 aromatic heterocycles. The molecule has 19 heavy (non-hydrogen) atoms. The van der Waals surface area contributed by atoms with Gasteiger partial charge < -0.3 is 14.2 Å². The molecule has 1 N–H and O–H groups in total. The molecule has 0 amide bonds. The van der Waals surface area contributed by atoms with Gasteiger partial charge >= 0.3 is 14.2 Å². The second-order valence-corrected chi connectivity index (χ2v) is 7.27. The molecule has 0 rings (SSSR count). The van der Waals surface area contributed by atoms with Crippen molar-refractivity contribution < 1.29 is 28.3 Å². The minimum Gasteiger partial charge on any atom is -0.459 e. The first-order chi connectivity index (χ1) is 8.47. The Kier molecular flexibility index (Phi) is 7.29. The molecule has 8 heteroatoms. The minimum atomic E-state index is -2.97. The highest BCUT2D eigenvalue weighted by Gasteiger charge is 2.39. The third-order valence-corrected chi connectivity index (χ3v) is 3.56. The molecule has 0 aromatic rings. The summed E-state index contributed by atoms with van der Waals surface area (Å²) in [4.78, 5) is 32.3. The number of hydrogen-bond donors (Lipinski definition) is 1. The summed E-state index contributed by atoms with van der Waals surface area (Å²) in [5, 5.41) is -0.358. The maximum atomic E-state index is 11.9. The normalized spacial score (nSPS) is 14.0. The number of carbonyl (C=O) groups is 2. The van der Waals surface area contributed by atoms with Crippen LogP contribution in [-0.4, -0.2) is 33.9 Å². The zero-order valence-electron chi connectivity index (χ0n) is 11.8. The van der Waals surface area contributed by atoms with Gasteiger partial charge in [0.1, 0.15) is 11.0 Å². The monoisotopic (exact) mass is 312 g/mol. The fourth-order valence-electron chi connectivity index (χ4n) is 0.933. The van der Waals surface area contributed by atoms with Crippen LogP contribution >= 0.6 is 20.0 Å². The van der Waals surface area contributed by atoms with Crippen LogP contribution in [0.3, 0.4) is 0 Å². The van der Waals surface area contributed by atoms with E-state index in [1.165, 1.54) is 13.8 Å². The van der Waals surface area contributed by atoms with Crippen LogP contribution in [0.4, 0.5) is 0 Å². The SMILES string of the molecule is CC(C)(C)OC(=O)C(C)(C)C(=O)SCCO[PH](=O)O. The molecule has 0 aliphatic carbocycles. The molecule has 0 saturated carbocycles. The lowest BCUT2D eigenvalue weighted by molar-refractivity contribution is -0.166. The lowest BCUT2D eigenvalue weighted by Crippen LogP contribution is -2.38. The van der Waals surface area contributed by atoms with E-state index in [0.717, 1.165) is 11.8 Å². The fraction of sp³-hybridized carbons (Fsp3) is 0.818. The zero-order chi connectivity index (χ0) is 15.3. The summed E-state index contributed by atoms with van der Waals surface area (Å²) in [6, 6.07) is 0. The number of carbonyl (C=O) groups excluding carboxylic acids is 2. The van der Waals surface area contributed by atoms with Gasteiger partial charge in [-0.15, -0.1) is 0 Å². The van der Waals surface area contributed by atoms with E-state index in [4.69, 9.17) is 9.63 Å². The Labute approximate surface area is 118 Å².